The quantitative estimate of drug-likeness (QED) is 0.359. The molecule has 0 bridgehead atoms. The Hall–Kier alpha value is -3.70. The number of nitrogens with zero attached hydrogens (tertiary/aromatic N) is 8. The standard InChI is InChI=1S/C24H26ClN9O2/c1-24(2,3)18-9-19(31-34(18)13-5-6-15(13)35)29-23-30-22-21(32(23)4)20(25)17(11-27-22)36-16-12-28-33-8-7-26-10-14(16)33/h7-13,15,35H,5-6H2,1-4H3,(H,27,29,30,31). The summed E-state index contributed by atoms with van der Waals surface area (Å²) in [5, 5.41) is 23.0. The fourth-order valence-corrected chi connectivity index (χ4v) is 4.74. The Bertz CT molecular complexity index is 1600. The average Bonchev–Trinajstić information content (AvgIpc) is 3.51. The normalized spacial score (nSPS) is 18.1. The van der Waals surface area contributed by atoms with E-state index in [2.05, 4.69) is 46.1 Å². The molecule has 2 N–H and O–H groups in total. The zero-order valence-electron chi connectivity index (χ0n) is 20.3. The number of halogens is 1. The molecule has 36 heavy (non-hydrogen) atoms. The number of aryl methyl sites for hydroxylation is 1. The fourth-order valence-electron chi connectivity index (χ4n) is 4.44. The number of rotatable bonds is 5. The van der Waals surface area contributed by atoms with Crippen molar-refractivity contribution in [2.75, 3.05) is 5.32 Å². The van der Waals surface area contributed by atoms with Crippen molar-refractivity contribution < 1.29 is 9.84 Å². The molecule has 5 aromatic rings. The molecule has 2 atom stereocenters. The maximum Gasteiger partial charge on any atom is 0.210 e. The van der Waals surface area contributed by atoms with Gasteiger partial charge in [-0.15, -0.1) is 0 Å². The fraction of sp³-hybridized carbons (Fsp3) is 0.375. The van der Waals surface area contributed by atoms with Crippen LogP contribution in [-0.4, -0.2) is 50.1 Å². The van der Waals surface area contributed by atoms with E-state index >= 15 is 0 Å². The van der Waals surface area contributed by atoms with E-state index in [0.29, 0.717) is 45.0 Å². The Morgan fingerprint density at radius 3 is 2.72 bits per heavy atom. The molecule has 1 aliphatic rings. The van der Waals surface area contributed by atoms with Crippen LogP contribution in [0.4, 0.5) is 11.8 Å². The molecule has 12 heteroatoms. The van der Waals surface area contributed by atoms with Crippen LogP contribution in [0.25, 0.3) is 16.7 Å². The Balaban J connectivity index is 1.34. The first-order valence-corrected chi connectivity index (χ1v) is 12.1. The molecule has 1 saturated carbocycles. The summed E-state index contributed by atoms with van der Waals surface area (Å²) in [6, 6.07) is 1.99. The van der Waals surface area contributed by atoms with Crippen molar-refractivity contribution in [1.82, 2.24) is 38.9 Å². The lowest BCUT2D eigenvalue weighted by Crippen LogP contribution is -2.37. The second-order valence-electron chi connectivity index (χ2n) is 10.1. The molecule has 0 aliphatic heterocycles. The molecular weight excluding hydrogens is 482 g/mol. The van der Waals surface area contributed by atoms with Crippen molar-refractivity contribution in [3.8, 4) is 11.5 Å². The SMILES string of the molecule is Cn1c(Nc2cc(C(C)(C)C)n(C3CCC3O)n2)nc2ncc(Oc3cnn4ccncc34)c(Cl)c21. The number of pyridine rings is 1. The molecule has 11 nitrogen and oxygen atoms in total. The summed E-state index contributed by atoms with van der Waals surface area (Å²) in [7, 11) is 1.85. The molecule has 0 radical (unpaired) electrons. The van der Waals surface area contributed by atoms with E-state index in [-0.39, 0.29) is 17.6 Å². The van der Waals surface area contributed by atoms with Gasteiger partial charge in [-0.3, -0.25) is 9.67 Å². The van der Waals surface area contributed by atoms with Crippen LogP contribution in [0, 0.1) is 0 Å². The number of imidazole rings is 1. The molecule has 2 unspecified atom stereocenters. The molecule has 6 rings (SSSR count). The van der Waals surface area contributed by atoms with Gasteiger partial charge in [-0.2, -0.15) is 15.2 Å². The molecule has 0 aromatic carbocycles. The molecule has 0 amide bonds. The minimum absolute atomic E-state index is 0.0128. The number of nitrogens with one attached hydrogen (secondary N) is 1. The second kappa shape index (κ2) is 8.17. The summed E-state index contributed by atoms with van der Waals surface area (Å²) in [6.07, 6.45) is 9.53. The molecule has 0 spiro atoms. The molecule has 5 heterocycles. The van der Waals surface area contributed by atoms with Crippen molar-refractivity contribution >= 4 is 40.0 Å². The minimum Gasteiger partial charge on any atom is -0.450 e. The number of aromatic nitrogens is 8. The van der Waals surface area contributed by atoms with Gasteiger partial charge in [0.25, 0.3) is 0 Å². The third kappa shape index (κ3) is 3.66. The van der Waals surface area contributed by atoms with Crippen LogP contribution >= 0.6 is 11.6 Å². The van der Waals surface area contributed by atoms with E-state index in [0.717, 1.165) is 18.5 Å². The first-order valence-electron chi connectivity index (χ1n) is 11.7. The lowest BCUT2D eigenvalue weighted by molar-refractivity contribution is 0.0227. The van der Waals surface area contributed by atoms with Gasteiger partial charge in [0.05, 0.1) is 30.7 Å². The highest BCUT2D eigenvalue weighted by molar-refractivity contribution is 6.36. The zero-order chi connectivity index (χ0) is 25.2. The summed E-state index contributed by atoms with van der Waals surface area (Å²) < 4.78 is 11.5. The average molecular weight is 508 g/mol. The summed E-state index contributed by atoms with van der Waals surface area (Å²) in [6.45, 7) is 6.40. The number of fused-ring (bicyclic) bond motifs is 2. The molecule has 0 saturated heterocycles. The van der Waals surface area contributed by atoms with Gasteiger partial charge < -0.3 is 19.7 Å². The number of anilines is 2. The Kier molecular flexibility index (Phi) is 5.16. The highest BCUT2D eigenvalue weighted by Gasteiger charge is 2.35. The first-order chi connectivity index (χ1) is 17.2. The van der Waals surface area contributed by atoms with Crippen LogP contribution in [-0.2, 0) is 12.5 Å². The first kappa shape index (κ1) is 22.7. The van der Waals surface area contributed by atoms with Gasteiger partial charge in [0, 0.05) is 36.6 Å². The molecule has 5 aromatic heterocycles. The van der Waals surface area contributed by atoms with Gasteiger partial charge in [0.2, 0.25) is 5.95 Å². The third-order valence-corrected chi connectivity index (χ3v) is 6.94. The summed E-state index contributed by atoms with van der Waals surface area (Å²) in [5.41, 5.74) is 2.71. The van der Waals surface area contributed by atoms with Crippen LogP contribution in [0.5, 0.6) is 11.5 Å². The predicted molar refractivity (Wildman–Crippen MR) is 135 cm³/mol. The van der Waals surface area contributed by atoms with Gasteiger partial charge in [0.15, 0.2) is 23.0 Å². The van der Waals surface area contributed by atoms with E-state index in [1.165, 1.54) is 0 Å². The molecular formula is C24H26ClN9O2. The maximum absolute atomic E-state index is 10.3. The number of hydrogen-bond donors (Lipinski definition) is 2. The zero-order valence-corrected chi connectivity index (χ0v) is 21.1. The number of aliphatic hydroxyl groups excluding tert-OH is 1. The van der Waals surface area contributed by atoms with E-state index in [4.69, 9.17) is 21.4 Å². The lowest BCUT2D eigenvalue weighted by atomic mass is 9.86. The van der Waals surface area contributed by atoms with Crippen LogP contribution in [0.15, 0.2) is 37.1 Å². The number of ether oxygens (including phenoxy) is 1. The second-order valence-corrected chi connectivity index (χ2v) is 10.4. The van der Waals surface area contributed by atoms with E-state index in [9.17, 15) is 5.11 Å². The van der Waals surface area contributed by atoms with Gasteiger partial charge in [-0.1, -0.05) is 32.4 Å². The van der Waals surface area contributed by atoms with Gasteiger partial charge in [-0.25, -0.2) is 9.50 Å². The Morgan fingerprint density at radius 2 is 2.00 bits per heavy atom. The lowest BCUT2D eigenvalue weighted by Gasteiger charge is -2.35. The van der Waals surface area contributed by atoms with Crippen LogP contribution in [0.1, 0.15) is 45.3 Å². The van der Waals surface area contributed by atoms with E-state index in [1.807, 2.05) is 22.4 Å². The third-order valence-electron chi connectivity index (χ3n) is 6.57. The van der Waals surface area contributed by atoms with Crippen LogP contribution in [0.2, 0.25) is 5.02 Å². The topological polar surface area (TPSA) is 120 Å². The minimum atomic E-state index is -0.375. The van der Waals surface area contributed by atoms with E-state index in [1.54, 1.807) is 35.5 Å². The summed E-state index contributed by atoms with van der Waals surface area (Å²) in [5.74, 6) is 2.08. The van der Waals surface area contributed by atoms with Gasteiger partial charge >= 0.3 is 0 Å². The molecule has 1 fully saturated rings. The number of aliphatic hydroxyl groups is 1. The van der Waals surface area contributed by atoms with Crippen LogP contribution in [0.3, 0.4) is 0 Å². The predicted octanol–water partition coefficient (Wildman–Crippen LogP) is 4.39. The molecule has 1 aliphatic carbocycles. The van der Waals surface area contributed by atoms with Crippen LogP contribution < -0.4 is 10.1 Å². The van der Waals surface area contributed by atoms with Crippen molar-refractivity contribution in [3.05, 3.63) is 47.8 Å². The highest BCUT2D eigenvalue weighted by Crippen LogP contribution is 2.39. The van der Waals surface area contributed by atoms with Crippen molar-refractivity contribution in [1.29, 1.82) is 0 Å². The summed E-state index contributed by atoms with van der Waals surface area (Å²) >= 11 is 6.76. The smallest absolute Gasteiger partial charge is 0.210 e. The molecule has 186 valence electrons. The van der Waals surface area contributed by atoms with Crippen molar-refractivity contribution in [2.24, 2.45) is 7.05 Å². The number of hydrogen-bond acceptors (Lipinski definition) is 8. The largest absolute Gasteiger partial charge is 0.450 e. The van der Waals surface area contributed by atoms with E-state index < -0.39 is 0 Å². The van der Waals surface area contributed by atoms with Crippen molar-refractivity contribution in [2.45, 2.75) is 51.2 Å². The highest BCUT2D eigenvalue weighted by atomic mass is 35.5. The maximum atomic E-state index is 10.3. The van der Waals surface area contributed by atoms with Crippen molar-refractivity contribution in [3.63, 3.8) is 0 Å². The Morgan fingerprint density at radius 1 is 1.17 bits per heavy atom. The van der Waals surface area contributed by atoms with Gasteiger partial charge in [0.1, 0.15) is 16.1 Å². The Labute approximate surface area is 211 Å². The summed E-state index contributed by atoms with van der Waals surface area (Å²) in [4.78, 5) is 13.2. The monoisotopic (exact) mass is 507 g/mol. The van der Waals surface area contributed by atoms with Gasteiger partial charge in [-0.05, 0) is 12.8 Å².